The van der Waals surface area contributed by atoms with Crippen LogP contribution in [0.5, 0.6) is 0 Å². The van der Waals surface area contributed by atoms with Gasteiger partial charge in [-0.2, -0.15) is 13.4 Å². The summed E-state index contributed by atoms with van der Waals surface area (Å²) >= 11 is 0. The number of hydrogen-bond donors (Lipinski definition) is 2. The number of amides is 4. The molecule has 3 fully saturated rings. The number of anilines is 1. The lowest BCUT2D eigenvalue weighted by Crippen LogP contribution is -2.51. The predicted molar refractivity (Wildman–Crippen MR) is 116 cm³/mol. The van der Waals surface area contributed by atoms with Crippen LogP contribution >= 0.6 is 0 Å². The average Bonchev–Trinajstić information content (AvgIpc) is 2.93. The molecule has 4 amide bonds. The smallest absolute Gasteiger partial charge is 0.328 e. The number of carbonyl (C=O) groups is 3. The summed E-state index contributed by atoms with van der Waals surface area (Å²) in [7, 11) is -3.95. The van der Waals surface area contributed by atoms with E-state index >= 15 is 0 Å². The Morgan fingerprint density at radius 2 is 1.81 bits per heavy atom. The summed E-state index contributed by atoms with van der Waals surface area (Å²) in [4.78, 5) is 40.0. The van der Waals surface area contributed by atoms with Gasteiger partial charge in [0.25, 0.3) is 21.8 Å². The van der Waals surface area contributed by atoms with E-state index in [0.717, 1.165) is 38.5 Å². The SMILES string of the molecule is O=C(NN1C(=O)NC2(CCCCC2)C1=O)c1ccc2c(c1)S(=O)(=O)N=C1CCCCCN12. The zero-order chi connectivity index (χ0) is 22.5. The number of nitrogens with one attached hydrogen (secondary N) is 2. The molecule has 2 saturated heterocycles. The van der Waals surface area contributed by atoms with Crippen LogP contribution in [-0.4, -0.2) is 49.2 Å². The van der Waals surface area contributed by atoms with E-state index in [1.165, 1.54) is 12.1 Å². The van der Waals surface area contributed by atoms with Crippen molar-refractivity contribution < 1.29 is 22.8 Å². The highest BCUT2D eigenvalue weighted by atomic mass is 32.2. The lowest BCUT2D eigenvalue weighted by Gasteiger charge is -2.30. The van der Waals surface area contributed by atoms with Crippen molar-refractivity contribution in [1.82, 2.24) is 15.8 Å². The number of urea groups is 1. The first kappa shape index (κ1) is 20.9. The van der Waals surface area contributed by atoms with Crippen molar-refractivity contribution in [3.8, 4) is 0 Å². The van der Waals surface area contributed by atoms with Gasteiger partial charge in [-0.05, 0) is 43.9 Å². The van der Waals surface area contributed by atoms with E-state index in [2.05, 4.69) is 15.1 Å². The summed E-state index contributed by atoms with van der Waals surface area (Å²) in [5.74, 6) is -0.672. The van der Waals surface area contributed by atoms with Crippen LogP contribution in [0.1, 0.15) is 68.1 Å². The van der Waals surface area contributed by atoms with Crippen LogP contribution in [0.2, 0.25) is 0 Å². The normalized spacial score (nSPS) is 23.7. The molecule has 5 rings (SSSR count). The maximum absolute atomic E-state index is 12.9. The van der Waals surface area contributed by atoms with Crippen LogP contribution in [0, 0.1) is 0 Å². The summed E-state index contributed by atoms with van der Waals surface area (Å²) in [6, 6.07) is 3.69. The van der Waals surface area contributed by atoms with Crippen LogP contribution in [0.25, 0.3) is 0 Å². The van der Waals surface area contributed by atoms with Crippen LogP contribution in [0.3, 0.4) is 0 Å². The van der Waals surface area contributed by atoms with Crippen molar-refractivity contribution in [2.75, 3.05) is 11.4 Å². The summed E-state index contributed by atoms with van der Waals surface area (Å²) < 4.78 is 29.6. The first-order valence-corrected chi connectivity index (χ1v) is 12.5. The van der Waals surface area contributed by atoms with Crippen LogP contribution < -0.4 is 15.6 Å². The fourth-order valence-electron chi connectivity index (χ4n) is 5.00. The van der Waals surface area contributed by atoms with E-state index in [1.807, 2.05) is 4.90 Å². The molecule has 1 aliphatic carbocycles. The summed E-state index contributed by atoms with van der Waals surface area (Å²) in [6.45, 7) is 0.664. The number of imide groups is 1. The highest BCUT2D eigenvalue weighted by molar-refractivity contribution is 7.90. The molecule has 0 unspecified atom stereocenters. The number of amidine groups is 1. The second-order valence-corrected chi connectivity index (χ2v) is 10.4. The molecule has 0 radical (unpaired) electrons. The topological polar surface area (TPSA) is 128 Å². The Morgan fingerprint density at radius 1 is 1.06 bits per heavy atom. The molecule has 170 valence electrons. The Hall–Kier alpha value is -2.95. The fourth-order valence-corrected chi connectivity index (χ4v) is 6.29. The number of hydrazine groups is 1. The van der Waals surface area contributed by atoms with E-state index in [9.17, 15) is 22.8 Å². The first-order chi connectivity index (χ1) is 15.3. The number of fused-ring (bicyclic) bond motifs is 3. The largest absolute Gasteiger partial charge is 0.344 e. The third-order valence-electron chi connectivity index (χ3n) is 6.69. The molecule has 4 aliphatic rings. The third kappa shape index (κ3) is 3.35. The number of rotatable bonds is 2. The van der Waals surface area contributed by atoms with Gasteiger partial charge in [0.2, 0.25) is 0 Å². The molecular formula is C21H25N5O5S. The van der Waals surface area contributed by atoms with E-state index in [0.29, 0.717) is 42.3 Å². The van der Waals surface area contributed by atoms with Gasteiger partial charge in [0.05, 0.1) is 5.69 Å². The Kier molecular flexibility index (Phi) is 4.95. The molecule has 1 aromatic carbocycles. The fraction of sp³-hybridized carbons (Fsp3) is 0.524. The average molecular weight is 460 g/mol. The molecule has 1 aromatic rings. The number of carbonyl (C=O) groups excluding carboxylic acids is 3. The van der Waals surface area contributed by atoms with Gasteiger partial charge in [-0.25, -0.2) is 4.79 Å². The molecule has 3 heterocycles. The third-order valence-corrected chi connectivity index (χ3v) is 8.03. The number of benzene rings is 1. The molecule has 0 atom stereocenters. The van der Waals surface area contributed by atoms with Crippen molar-refractivity contribution >= 4 is 39.4 Å². The van der Waals surface area contributed by atoms with E-state index < -0.39 is 33.4 Å². The van der Waals surface area contributed by atoms with Crippen molar-refractivity contribution in [3.05, 3.63) is 23.8 Å². The molecule has 2 N–H and O–H groups in total. The van der Waals surface area contributed by atoms with E-state index in [-0.39, 0.29) is 10.5 Å². The first-order valence-electron chi connectivity index (χ1n) is 11.0. The summed E-state index contributed by atoms with van der Waals surface area (Å²) in [5.41, 5.74) is 1.93. The molecule has 3 aliphatic heterocycles. The minimum atomic E-state index is -3.95. The van der Waals surface area contributed by atoms with Gasteiger partial charge >= 0.3 is 6.03 Å². The maximum atomic E-state index is 12.9. The highest BCUT2D eigenvalue weighted by Gasteiger charge is 2.52. The van der Waals surface area contributed by atoms with Gasteiger partial charge in [0, 0.05) is 18.5 Å². The molecule has 1 spiro atoms. The highest BCUT2D eigenvalue weighted by Crippen LogP contribution is 2.36. The Balaban J connectivity index is 1.41. The van der Waals surface area contributed by atoms with Crippen molar-refractivity contribution in [3.63, 3.8) is 0 Å². The predicted octanol–water partition coefficient (Wildman–Crippen LogP) is 2.07. The van der Waals surface area contributed by atoms with Gasteiger partial charge < -0.3 is 10.2 Å². The van der Waals surface area contributed by atoms with Gasteiger partial charge in [-0.1, -0.05) is 25.7 Å². The Morgan fingerprint density at radius 3 is 2.59 bits per heavy atom. The molecule has 1 saturated carbocycles. The lowest BCUT2D eigenvalue weighted by atomic mass is 9.82. The van der Waals surface area contributed by atoms with Gasteiger partial charge in [-0.3, -0.25) is 15.0 Å². The number of nitrogens with zero attached hydrogens (tertiary/aromatic N) is 3. The Bertz CT molecular complexity index is 1140. The van der Waals surface area contributed by atoms with E-state index in [4.69, 9.17) is 0 Å². The van der Waals surface area contributed by atoms with Gasteiger partial charge in [0.1, 0.15) is 16.3 Å². The van der Waals surface area contributed by atoms with E-state index in [1.54, 1.807) is 6.07 Å². The van der Waals surface area contributed by atoms with Crippen LogP contribution in [0.4, 0.5) is 10.5 Å². The molecule has 10 nitrogen and oxygen atoms in total. The lowest BCUT2D eigenvalue weighted by molar-refractivity contribution is -0.134. The zero-order valence-electron chi connectivity index (χ0n) is 17.6. The van der Waals surface area contributed by atoms with Crippen LogP contribution in [-0.2, 0) is 14.8 Å². The quantitative estimate of drug-likeness (QED) is 0.652. The van der Waals surface area contributed by atoms with Gasteiger partial charge in [0.15, 0.2) is 0 Å². The molecular weight excluding hydrogens is 434 g/mol. The zero-order valence-corrected chi connectivity index (χ0v) is 18.4. The minimum Gasteiger partial charge on any atom is -0.328 e. The second kappa shape index (κ2) is 7.58. The van der Waals surface area contributed by atoms with Gasteiger partial charge in [-0.15, -0.1) is 4.40 Å². The van der Waals surface area contributed by atoms with Crippen LogP contribution in [0.15, 0.2) is 27.5 Å². The summed E-state index contributed by atoms with van der Waals surface area (Å²) in [5, 5.41) is 3.44. The molecule has 0 bridgehead atoms. The Labute approximate surface area is 186 Å². The number of sulfonamides is 1. The minimum absolute atomic E-state index is 0.0333. The number of hydrogen-bond acceptors (Lipinski definition) is 6. The van der Waals surface area contributed by atoms with Crippen molar-refractivity contribution in [2.45, 2.75) is 68.2 Å². The molecule has 11 heteroatoms. The molecule has 0 aromatic heterocycles. The molecule has 32 heavy (non-hydrogen) atoms. The standard InChI is InChI=1S/C21H25N5O5S/c27-18(23-26-19(28)21(22-20(26)29)10-4-2-5-11-21)14-8-9-15-16(13-14)32(30,31)24-17-7-3-1-6-12-25(15)17/h8-9,13H,1-7,10-12H2,(H,22,29)(H,23,27). The van der Waals surface area contributed by atoms with Crippen molar-refractivity contribution in [2.24, 2.45) is 4.40 Å². The van der Waals surface area contributed by atoms with Crippen molar-refractivity contribution in [1.29, 1.82) is 0 Å². The summed E-state index contributed by atoms with van der Waals surface area (Å²) in [6.07, 6.45) is 7.14. The second-order valence-electron chi connectivity index (χ2n) is 8.78. The maximum Gasteiger partial charge on any atom is 0.344 e. The monoisotopic (exact) mass is 459 g/mol.